The Bertz CT molecular complexity index is 604. The van der Waals surface area contributed by atoms with Crippen molar-refractivity contribution in [1.82, 2.24) is 0 Å². The maximum atomic E-state index is 6.34. The molecule has 2 aliphatic rings. The third kappa shape index (κ3) is 10.4. The molecule has 0 bridgehead atoms. The molecule has 0 saturated heterocycles. The zero-order chi connectivity index (χ0) is 23.8. The molecule has 0 N–H and O–H groups in total. The monoisotopic (exact) mass is 468 g/mol. The molecule has 1 nitrogen and oxygen atoms in total. The van der Waals surface area contributed by atoms with Crippen molar-refractivity contribution in [3.8, 4) is 0 Å². The van der Waals surface area contributed by atoms with Crippen molar-refractivity contribution in [2.24, 2.45) is 11.8 Å². The molecule has 1 heteroatoms. The minimum Gasteiger partial charge on any atom is -0.378 e. The summed E-state index contributed by atoms with van der Waals surface area (Å²) >= 11 is 0. The first-order valence-electron chi connectivity index (χ1n) is 15.5. The summed E-state index contributed by atoms with van der Waals surface area (Å²) in [5.41, 5.74) is 3.10. The van der Waals surface area contributed by atoms with E-state index >= 15 is 0 Å². The van der Waals surface area contributed by atoms with Crippen molar-refractivity contribution in [1.29, 1.82) is 0 Å². The fraction of sp³-hybridized carbons (Fsp3) is 0.818. The number of benzene rings is 1. The van der Waals surface area contributed by atoms with E-state index in [2.05, 4.69) is 38.1 Å². The quantitative estimate of drug-likeness (QED) is 0.219. The molecule has 0 radical (unpaired) electrons. The van der Waals surface area contributed by atoms with E-state index in [1.807, 2.05) is 0 Å². The van der Waals surface area contributed by atoms with Crippen LogP contribution < -0.4 is 0 Å². The van der Waals surface area contributed by atoms with Gasteiger partial charge in [0.25, 0.3) is 0 Å². The average Bonchev–Trinajstić information content (AvgIpc) is 2.88. The van der Waals surface area contributed by atoms with Crippen LogP contribution in [-0.2, 0) is 11.2 Å². The molecule has 2 aliphatic carbocycles. The predicted molar refractivity (Wildman–Crippen MR) is 149 cm³/mol. The van der Waals surface area contributed by atoms with Crippen LogP contribution in [0.5, 0.6) is 0 Å². The topological polar surface area (TPSA) is 9.23 Å². The number of hydrogen-bond acceptors (Lipinski definition) is 1. The predicted octanol–water partition coefficient (Wildman–Crippen LogP) is 10.4. The molecular formula is C33H56O. The van der Waals surface area contributed by atoms with Gasteiger partial charge in [0.2, 0.25) is 0 Å². The summed E-state index contributed by atoms with van der Waals surface area (Å²) in [4.78, 5) is 0. The average molecular weight is 469 g/mol. The van der Waals surface area contributed by atoms with Gasteiger partial charge in [0.1, 0.15) is 0 Å². The minimum absolute atomic E-state index is 0.521. The van der Waals surface area contributed by atoms with Gasteiger partial charge in [0.15, 0.2) is 0 Å². The Labute approximate surface area is 212 Å². The lowest BCUT2D eigenvalue weighted by Crippen LogP contribution is -2.21. The van der Waals surface area contributed by atoms with E-state index in [0.29, 0.717) is 6.10 Å². The number of hydrogen-bond donors (Lipinski definition) is 0. The van der Waals surface area contributed by atoms with Crippen molar-refractivity contribution in [3.63, 3.8) is 0 Å². The van der Waals surface area contributed by atoms with Crippen LogP contribution in [0.25, 0.3) is 0 Å². The van der Waals surface area contributed by atoms with E-state index in [1.54, 1.807) is 5.56 Å². The van der Waals surface area contributed by atoms with Gasteiger partial charge in [-0.15, -0.1) is 0 Å². The third-order valence-corrected chi connectivity index (χ3v) is 8.99. The molecule has 1 aromatic carbocycles. The summed E-state index contributed by atoms with van der Waals surface area (Å²) in [6, 6.07) is 9.64. The highest BCUT2D eigenvalue weighted by molar-refractivity contribution is 5.26. The highest BCUT2D eigenvalue weighted by Crippen LogP contribution is 2.36. The SMILES string of the molecule is CCCCCCCc1ccc([C@H]2CC[C@H](OCCC[C@H]3CC[C@H](CCCCC)CC3)CC2)cc1. The van der Waals surface area contributed by atoms with Crippen LogP contribution in [0.15, 0.2) is 24.3 Å². The first kappa shape index (κ1) is 27.8. The molecule has 34 heavy (non-hydrogen) atoms. The zero-order valence-electron chi connectivity index (χ0n) is 22.9. The summed E-state index contributed by atoms with van der Waals surface area (Å²) in [5.74, 6) is 2.79. The first-order valence-corrected chi connectivity index (χ1v) is 15.5. The molecule has 0 atom stereocenters. The molecule has 0 unspecified atom stereocenters. The first-order chi connectivity index (χ1) is 16.8. The number of ether oxygens (including phenoxy) is 1. The Kier molecular flexibility index (Phi) is 13.7. The Morgan fingerprint density at radius 1 is 0.618 bits per heavy atom. The smallest absolute Gasteiger partial charge is 0.0575 e. The minimum atomic E-state index is 0.521. The van der Waals surface area contributed by atoms with Crippen molar-refractivity contribution < 1.29 is 4.74 Å². The Morgan fingerprint density at radius 2 is 1.21 bits per heavy atom. The van der Waals surface area contributed by atoms with Crippen LogP contribution in [0.1, 0.15) is 153 Å². The zero-order valence-corrected chi connectivity index (χ0v) is 22.9. The van der Waals surface area contributed by atoms with E-state index in [1.165, 1.54) is 134 Å². The molecule has 194 valence electrons. The summed E-state index contributed by atoms with van der Waals surface area (Å²) in [7, 11) is 0. The molecule has 1 aromatic rings. The lowest BCUT2D eigenvalue weighted by molar-refractivity contribution is 0.0204. The number of aryl methyl sites for hydroxylation is 1. The van der Waals surface area contributed by atoms with Crippen LogP contribution in [-0.4, -0.2) is 12.7 Å². The summed E-state index contributed by atoms with van der Waals surface area (Å²) in [6.07, 6.45) is 28.2. The van der Waals surface area contributed by atoms with Crippen LogP contribution >= 0.6 is 0 Å². The van der Waals surface area contributed by atoms with Crippen molar-refractivity contribution in [3.05, 3.63) is 35.4 Å². The number of rotatable bonds is 16. The molecule has 0 aliphatic heterocycles. The van der Waals surface area contributed by atoms with Gasteiger partial charge < -0.3 is 4.74 Å². The molecule has 0 spiro atoms. The fourth-order valence-electron chi connectivity index (χ4n) is 6.57. The Morgan fingerprint density at radius 3 is 1.85 bits per heavy atom. The molecule has 0 aromatic heterocycles. The summed E-state index contributed by atoms with van der Waals surface area (Å²) in [5, 5.41) is 0. The van der Waals surface area contributed by atoms with Gasteiger partial charge in [0, 0.05) is 6.61 Å². The van der Waals surface area contributed by atoms with Crippen LogP contribution in [0.4, 0.5) is 0 Å². The highest BCUT2D eigenvalue weighted by Gasteiger charge is 2.23. The summed E-state index contributed by atoms with van der Waals surface area (Å²) in [6.45, 7) is 5.61. The van der Waals surface area contributed by atoms with Crippen LogP contribution in [0, 0.1) is 11.8 Å². The van der Waals surface area contributed by atoms with Gasteiger partial charge in [-0.1, -0.05) is 115 Å². The Balaban J connectivity index is 1.22. The van der Waals surface area contributed by atoms with Gasteiger partial charge in [-0.2, -0.15) is 0 Å². The summed E-state index contributed by atoms with van der Waals surface area (Å²) < 4.78 is 6.34. The Hall–Kier alpha value is -0.820. The third-order valence-electron chi connectivity index (χ3n) is 8.99. The van der Waals surface area contributed by atoms with E-state index in [4.69, 9.17) is 4.74 Å². The van der Waals surface area contributed by atoms with E-state index < -0.39 is 0 Å². The highest BCUT2D eigenvalue weighted by atomic mass is 16.5. The molecule has 0 amide bonds. The van der Waals surface area contributed by atoms with Gasteiger partial charge in [-0.05, 0) is 80.2 Å². The van der Waals surface area contributed by atoms with E-state index in [9.17, 15) is 0 Å². The van der Waals surface area contributed by atoms with E-state index in [-0.39, 0.29) is 0 Å². The maximum Gasteiger partial charge on any atom is 0.0575 e. The van der Waals surface area contributed by atoms with Crippen LogP contribution in [0.3, 0.4) is 0 Å². The fourth-order valence-corrected chi connectivity index (χ4v) is 6.57. The normalized spacial score (nSPS) is 25.5. The molecule has 0 heterocycles. The lowest BCUT2D eigenvalue weighted by Gasteiger charge is -2.30. The molecule has 2 fully saturated rings. The molecule has 3 rings (SSSR count). The molecular weight excluding hydrogens is 412 g/mol. The van der Waals surface area contributed by atoms with Crippen molar-refractivity contribution in [2.75, 3.05) is 6.61 Å². The number of unbranched alkanes of at least 4 members (excludes halogenated alkanes) is 6. The lowest BCUT2D eigenvalue weighted by atomic mass is 9.78. The second-order valence-electron chi connectivity index (χ2n) is 11.8. The van der Waals surface area contributed by atoms with Crippen LogP contribution in [0.2, 0.25) is 0 Å². The van der Waals surface area contributed by atoms with Crippen molar-refractivity contribution in [2.45, 2.75) is 154 Å². The van der Waals surface area contributed by atoms with Gasteiger partial charge >= 0.3 is 0 Å². The van der Waals surface area contributed by atoms with Gasteiger partial charge in [-0.3, -0.25) is 0 Å². The maximum absolute atomic E-state index is 6.34. The van der Waals surface area contributed by atoms with Crippen molar-refractivity contribution >= 4 is 0 Å². The largest absolute Gasteiger partial charge is 0.378 e. The van der Waals surface area contributed by atoms with Gasteiger partial charge in [0.05, 0.1) is 6.10 Å². The van der Waals surface area contributed by atoms with Gasteiger partial charge in [-0.25, -0.2) is 0 Å². The second kappa shape index (κ2) is 16.8. The standard InChI is InChI=1S/C33H56O/c1-3-5-7-8-10-13-29-19-21-31(22-20-29)32-23-25-33(26-24-32)34-27-11-14-30-17-15-28(16-18-30)12-9-6-4-2/h19-22,28,30,32-33H,3-18,23-27H2,1-2H3/t28-,30-,32-,33-. The molecule has 2 saturated carbocycles. The van der Waals surface area contributed by atoms with E-state index in [0.717, 1.165) is 24.4 Å². The second-order valence-corrected chi connectivity index (χ2v) is 11.8.